The van der Waals surface area contributed by atoms with E-state index in [9.17, 15) is 9.59 Å². The number of aromatic nitrogens is 1. The van der Waals surface area contributed by atoms with Crippen molar-refractivity contribution in [3.05, 3.63) is 53.2 Å². The van der Waals surface area contributed by atoms with Gasteiger partial charge < -0.3 is 5.32 Å². The Morgan fingerprint density at radius 3 is 2.33 bits per heavy atom. The minimum absolute atomic E-state index is 0.0753. The third-order valence-electron chi connectivity index (χ3n) is 4.27. The molecule has 5 heteroatoms. The Morgan fingerprint density at radius 2 is 1.79 bits per heavy atom. The van der Waals surface area contributed by atoms with E-state index >= 15 is 0 Å². The molecule has 0 saturated carbocycles. The lowest BCUT2D eigenvalue weighted by Gasteiger charge is -2.18. The van der Waals surface area contributed by atoms with Crippen LogP contribution in [0.1, 0.15) is 48.6 Å². The Bertz CT molecular complexity index is 810. The first-order valence-electron chi connectivity index (χ1n) is 7.95. The Labute approximate surface area is 141 Å². The van der Waals surface area contributed by atoms with Gasteiger partial charge in [0.25, 0.3) is 0 Å². The Hall–Kier alpha value is -2.53. The van der Waals surface area contributed by atoms with Crippen LogP contribution in [0, 0.1) is 6.92 Å². The maximum atomic E-state index is 12.1. The number of rotatable bonds is 3. The summed E-state index contributed by atoms with van der Waals surface area (Å²) in [7, 11) is 0. The van der Waals surface area contributed by atoms with E-state index in [1.54, 1.807) is 19.9 Å². The molecular weight excluding hydrogens is 302 g/mol. The van der Waals surface area contributed by atoms with Crippen molar-refractivity contribution in [2.75, 3.05) is 0 Å². The van der Waals surface area contributed by atoms with Crippen LogP contribution in [0.5, 0.6) is 0 Å². The number of benzene rings is 1. The molecule has 1 aliphatic rings. The van der Waals surface area contributed by atoms with Crippen LogP contribution < -0.4 is 10.6 Å². The number of Topliss-reactive ketones (excluding diaryl/α,β-unsaturated/α-hetero) is 1. The number of nitrogens with zero attached hydrogens (tertiary/aromatic N) is 1. The van der Waals surface area contributed by atoms with Gasteiger partial charge in [0.05, 0.1) is 16.9 Å². The fraction of sp³-hybridized carbons (Fsp3) is 0.316. The molecule has 2 aromatic rings. The molecule has 2 heterocycles. The third kappa shape index (κ3) is 2.95. The number of nitrogens with one attached hydrogen (secondary N) is 2. The highest BCUT2D eigenvalue weighted by Gasteiger charge is 2.40. The number of pyridine rings is 1. The van der Waals surface area contributed by atoms with Gasteiger partial charge in [0.2, 0.25) is 5.91 Å². The predicted molar refractivity (Wildman–Crippen MR) is 92.5 cm³/mol. The summed E-state index contributed by atoms with van der Waals surface area (Å²) in [4.78, 5) is 28.7. The highest BCUT2D eigenvalue weighted by Crippen LogP contribution is 2.26. The van der Waals surface area contributed by atoms with Crippen LogP contribution in [0.3, 0.4) is 0 Å². The fourth-order valence-corrected chi connectivity index (χ4v) is 2.79. The van der Waals surface area contributed by atoms with Crippen LogP contribution in [0.2, 0.25) is 0 Å². The summed E-state index contributed by atoms with van der Waals surface area (Å²) in [5.41, 5.74) is 3.29. The molecule has 1 saturated heterocycles. The summed E-state index contributed by atoms with van der Waals surface area (Å²) in [5, 5.41) is 6.08. The second-order valence-electron chi connectivity index (χ2n) is 6.73. The average molecular weight is 323 g/mol. The lowest BCUT2D eigenvalue weighted by molar-refractivity contribution is -0.123. The zero-order chi connectivity index (χ0) is 17.5. The second-order valence-corrected chi connectivity index (χ2v) is 6.73. The predicted octanol–water partition coefficient (Wildman–Crippen LogP) is 2.76. The Balaban J connectivity index is 2.06. The molecule has 0 aliphatic carbocycles. The fourth-order valence-electron chi connectivity index (χ4n) is 2.79. The van der Waals surface area contributed by atoms with E-state index in [-0.39, 0.29) is 11.7 Å². The molecule has 0 radical (unpaired) electrons. The molecule has 1 unspecified atom stereocenters. The van der Waals surface area contributed by atoms with Gasteiger partial charge in [-0.1, -0.05) is 29.8 Å². The molecule has 3 rings (SSSR count). The lowest BCUT2D eigenvalue weighted by atomic mass is 10.0. The van der Waals surface area contributed by atoms with Gasteiger partial charge in [-0.25, -0.2) is 4.98 Å². The molecule has 1 atom stereocenters. The van der Waals surface area contributed by atoms with E-state index in [1.165, 1.54) is 12.5 Å². The molecule has 24 heavy (non-hydrogen) atoms. The standard InChI is InChI=1S/C19H21N3O2/c1-11-5-7-13(8-6-11)15-10-9-14(12(2)23)16(20-15)17-21-18(24)19(3,4)22-17/h5-10,17,22H,1-4H3,(H,21,24). The van der Waals surface area contributed by atoms with Gasteiger partial charge in [0.1, 0.15) is 6.17 Å². The van der Waals surface area contributed by atoms with Crippen LogP contribution in [0.25, 0.3) is 11.3 Å². The average Bonchev–Trinajstić information content (AvgIpc) is 2.81. The van der Waals surface area contributed by atoms with Gasteiger partial charge in [-0.3, -0.25) is 14.9 Å². The normalized spacial score (nSPS) is 19.2. The minimum Gasteiger partial charge on any atom is -0.334 e. The van der Waals surface area contributed by atoms with Gasteiger partial charge >= 0.3 is 0 Å². The van der Waals surface area contributed by atoms with E-state index in [1.807, 2.05) is 37.3 Å². The van der Waals surface area contributed by atoms with Crippen LogP contribution in [-0.2, 0) is 4.79 Å². The van der Waals surface area contributed by atoms with Crippen molar-refractivity contribution in [1.29, 1.82) is 0 Å². The molecule has 1 aromatic heterocycles. The highest BCUT2D eigenvalue weighted by molar-refractivity contribution is 5.96. The third-order valence-corrected chi connectivity index (χ3v) is 4.27. The summed E-state index contributed by atoms with van der Waals surface area (Å²) in [6.45, 7) is 7.15. The number of carbonyl (C=O) groups excluding carboxylic acids is 2. The molecular formula is C19H21N3O2. The van der Waals surface area contributed by atoms with Crippen molar-refractivity contribution in [3.63, 3.8) is 0 Å². The van der Waals surface area contributed by atoms with E-state index in [0.29, 0.717) is 11.3 Å². The lowest BCUT2D eigenvalue weighted by Crippen LogP contribution is -2.39. The monoisotopic (exact) mass is 323 g/mol. The summed E-state index contributed by atoms with van der Waals surface area (Å²) in [6.07, 6.45) is -0.475. The minimum atomic E-state index is -0.694. The van der Waals surface area contributed by atoms with Gasteiger partial charge in [0.15, 0.2) is 5.78 Å². The highest BCUT2D eigenvalue weighted by atomic mass is 16.2. The van der Waals surface area contributed by atoms with Gasteiger partial charge in [-0.15, -0.1) is 0 Å². The quantitative estimate of drug-likeness (QED) is 0.852. The van der Waals surface area contributed by atoms with Crippen molar-refractivity contribution < 1.29 is 9.59 Å². The van der Waals surface area contributed by atoms with Crippen molar-refractivity contribution in [2.24, 2.45) is 0 Å². The van der Waals surface area contributed by atoms with Crippen LogP contribution in [0.4, 0.5) is 0 Å². The topological polar surface area (TPSA) is 71.1 Å². The Morgan fingerprint density at radius 1 is 1.12 bits per heavy atom. The molecule has 0 bridgehead atoms. The molecule has 1 aromatic carbocycles. The molecule has 1 amide bonds. The second kappa shape index (κ2) is 5.83. The van der Waals surface area contributed by atoms with Crippen LogP contribution in [-0.4, -0.2) is 22.2 Å². The van der Waals surface area contributed by atoms with Gasteiger partial charge in [-0.2, -0.15) is 0 Å². The molecule has 5 nitrogen and oxygen atoms in total. The first-order chi connectivity index (χ1) is 11.3. The van der Waals surface area contributed by atoms with Crippen molar-refractivity contribution in [1.82, 2.24) is 15.6 Å². The van der Waals surface area contributed by atoms with Gasteiger partial charge in [-0.05, 0) is 39.8 Å². The number of ketones is 1. The summed E-state index contributed by atoms with van der Waals surface area (Å²) < 4.78 is 0. The number of hydrogen-bond donors (Lipinski definition) is 2. The number of amides is 1. The molecule has 124 valence electrons. The first-order valence-corrected chi connectivity index (χ1v) is 7.95. The smallest absolute Gasteiger partial charge is 0.241 e. The summed E-state index contributed by atoms with van der Waals surface area (Å²) in [6, 6.07) is 11.7. The summed E-state index contributed by atoms with van der Waals surface area (Å²) in [5.74, 6) is -0.182. The van der Waals surface area contributed by atoms with Gasteiger partial charge in [0, 0.05) is 11.1 Å². The maximum Gasteiger partial charge on any atom is 0.241 e. The SMILES string of the molecule is CC(=O)c1ccc(-c2ccc(C)cc2)nc1C1NC(=O)C(C)(C)N1. The zero-order valence-electron chi connectivity index (χ0n) is 14.3. The molecule has 1 aliphatic heterocycles. The van der Waals surface area contributed by atoms with Crippen molar-refractivity contribution in [2.45, 2.75) is 39.4 Å². The van der Waals surface area contributed by atoms with E-state index < -0.39 is 11.7 Å². The number of aryl methyl sites for hydroxylation is 1. The largest absolute Gasteiger partial charge is 0.334 e. The Kier molecular flexibility index (Phi) is 3.97. The van der Waals surface area contributed by atoms with Crippen molar-refractivity contribution in [3.8, 4) is 11.3 Å². The van der Waals surface area contributed by atoms with Crippen LogP contribution >= 0.6 is 0 Å². The van der Waals surface area contributed by atoms with E-state index in [4.69, 9.17) is 0 Å². The van der Waals surface area contributed by atoms with E-state index in [0.717, 1.165) is 11.3 Å². The van der Waals surface area contributed by atoms with E-state index in [2.05, 4.69) is 15.6 Å². The first kappa shape index (κ1) is 16.3. The maximum absolute atomic E-state index is 12.1. The van der Waals surface area contributed by atoms with Crippen LogP contribution in [0.15, 0.2) is 36.4 Å². The number of hydrogen-bond acceptors (Lipinski definition) is 4. The summed E-state index contributed by atoms with van der Waals surface area (Å²) >= 11 is 0. The molecule has 1 fully saturated rings. The number of carbonyl (C=O) groups is 2. The molecule has 0 spiro atoms. The molecule has 2 N–H and O–H groups in total. The zero-order valence-corrected chi connectivity index (χ0v) is 14.3. The van der Waals surface area contributed by atoms with Crippen molar-refractivity contribution >= 4 is 11.7 Å².